The van der Waals surface area contributed by atoms with E-state index >= 15 is 0 Å². The first kappa shape index (κ1) is 17.9. The van der Waals surface area contributed by atoms with E-state index in [-0.39, 0.29) is 17.5 Å². The molecule has 0 aliphatic carbocycles. The van der Waals surface area contributed by atoms with Gasteiger partial charge in [0.25, 0.3) is 5.56 Å². The van der Waals surface area contributed by atoms with Crippen molar-refractivity contribution in [2.45, 2.75) is 38.3 Å². The molecule has 7 nitrogen and oxygen atoms in total. The summed E-state index contributed by atoms with van der Waals surface area (Å²) in [6, 6.07) is 5.33. The molecule has 7 heteroatoms. The second kappa shape index (κ2) is 8.00. The van der Waals surface area contributed by atoms with Crippen molar-refractivity contribution in [3.8, 4) is 11.3 Å². The minimum atomic E-state index is -0.0223. The maximum absolute atomic E-state index is 12.5. The molecule has 1 amide bonds. The van der Waals surface area contributed by atoms with Gasteiger partial charge in [-0.05, 0) is 56.8 Å². The van der Waals surface area contributed by atoms with E-state index in [1.807, 2.05) is 12.1 Å². The molecule has 1 N–H and O–H groups in total. The predicted octanol–water partition coefficient (Wildman–Crippen LogP) is 1.30. The molecule has 4 heterocycles. The number of hydrogen-bond donors (Lipinski definition) is 1. The molecule has 2 aromatic heterocycles. The lowest BCUT2D eigenvalue weighted by Gasteiger charge is -2.38. The second-order valence-electron chi connectivity index (χ2n) is 7.43. The van der Waals surface area contributed by atoms with Gasteiger partial charge in [0, 0.05) is 37.1 Å². The molecule has 1 unspecified atom stereocenters. The quantitative estimate of drug-likeness (QED) is 0.881. The van der Waals surface area contributed by atoms with Crippen LogP contribution < -0.4 is 10.9 Å². The van der Waals surface area contributed by atoms with E-state index in [0.29, 0.717) is 18.2 Å². The second-order valence-corrected chi connectivity index (χ2v) is 7.43. The van der Waals surface area contributed by atoms with Gasteiger partial charge < -0.3 is 5.32 Å². The third-order valence-electron chi connectivity index (χ3n) is 5.66. The number of hydrogen-bond acceptors (Lipinski definition) is 5. The molecule has 2 aliphatic rings. The highest BCUT2D eigenvalue weighted by atomic mass is 16.2. The lowest BCUT2D eigenvalue weighted by molar-refractivity contribution is -0.128. The van der Waals surface area contributed by atoms with Gasteiger partial charge in [0.05, 0.1) is 18.1 Å². The Kier molecular flexibility index (Phi) is 5.29. The molecule has 0 bridgehead atoms. The first-order valence-electron chi connectivity index (χ1n) is 9.69. The van der Waals surface area contributed by atoms with Crippen LogP contribution in [0, 0.1) is 5.92 Å². The number of aromatic nitrogens is 3. The van der Waals surface area contributed by atoms with Crippen molar-refractivity contribution < 1.29 is 4.79 Å². The highest BCUT2D eigenvalue weighted by Gasteiger charge is 2.31. The van der Waals surface area contributed by atoms with E-state index in [1.165, 1.54) is 0 Å². The number of piperidine rings is 2. The highest BCUT2D eigenvalue weighted by Crippen LogP contribution is 2.23. The zero-order valence-electron chi connectivity index (χ0n) is 15.4. The first-order chi connectivity index (χ1) is 13.2. The molecular formula is C20H25N5O2. The summed E-state index contributed by atoms with van der Waals surface area (Å²) in [5.74, 6) is 0.617. The Morgan fingerprint density at radius 2 is 1.89 bits per heavy atom. The van der Waals surface area contributed by atoms with Crippen LogP contribution >= 0.6 is 0 Å². The lowest BCUT2D eigenvalue weighted by atomic mass is 9.94. The van der Waals surface area contributed by atoms with Crippen LogP contribution in [0.5, 0.6) is 0 Å². The largest absolute Gasteiger partial charge is 0.355 e. The first-order valence-corrected chi connectivity index (χ1v) is 9.69. The summed E-state index contributed by atoms with van der Waals surface area (Å²) in [7, 11) is 0. The number of carbonyl (C=O) groups excluding carboxylic acids is 1. The van der Waals surface area contributed by atoms with Crippen molar-refractivity contribution in [1.82, 2.24) is 24.8 Å². The van der Waals surface area contributed by atoms with Gasteiger partial charge in [-0.1, -0.05) is 0 Å². The summed E-state index contributed by atoms with van der Waals surface area (Å²) >= 11 is 0. The van der Waals surface area contributed by atoms with Crippen LogP contribution in [0.25, 0.3) is 11.3 Å². The summed E-state index contributed by atoms with van der Waals surface area (Å²) in [4.78, 5) is 35.3. The number of amides is 1. The van der Waals surface area contributed by atoms with Gasteiger partial charge >= 0.3 is 0 Å². The number of nitrogens with zero attached hydrogens (tertiary/aromatic N) is 4. The van der Waals surface area contributed by atoms with Crippen molar-refractivity contribution >= 4 is 5.91 Å². The summed E-state index contributed by atoms with van der Waals surface area (Å²) in [5, 5.41) is 2.97. The molecule has 1 atom stereocenters. The minimum absolute atomic E-state index is 0.0223. The van der Waals surface area contributed by atoms with Gasteiger partial charge in [-0.15, -0.1) is 0 Å². The van der Waals surface area contributed by atoms with Crippen molar-refractivity contribution in [2.24, 2.45) is 5.92 Å². The molecule has 0 saturated carbocycles. The number of pyridine rings is 1. The highest BCUT2D eigenvalue weighted by molar-refractivity contribution is 5.82. The van der Waals surface area contributed by atoms with Crippen LogP contribution in [0.15, 0.2) is 41.7 Å². The van der Waals surface area contributed by atoms with E-state index in [9.17, 15) is 9.59 Å². The number of carbonyl (C=O) groups is 1. The van der Waals surface area contributed by atoms with Crippen LogP contribution in [0.4, 0.5) is 0 Å². The fourth-order valence-corrected chi connectivity index (χ4v) is 4.07. The normalized spacial score (nSPS) is 21.8. The molecule has 4 rings (SSSR count). The fraction of sp³-hybridized carbons (Fsp3) is 0.500. The average molecular weight is 367 g/mol. The van der Waals surface area contributed by atoms with Gasteiger partial charge in [-0.2, -0.15) is 0 Å². The van der Waals surface area contributed by atoms with Gasteiger partial charge in [0.15, 0.2) is 0 Å². The van der Waals surface area contributed by atoms with Gasteiger partial charge in [0.2, 0.25) is 5.91 Å². The van der Waals surface area contributed by atoms with Crippen molar-refractivity contribution in [1.29, 1.82) is 0 Å². The molecule has 2 fully saturated rings. The number of likely N-dealkylation sites (tertiary alicyclic amines) is 1. The van der Waals surface area contributed by atoms with E-state index in [4.69, 9.17) is 0 Å². The molecule has 2 aromatic rings. The smallest absolute Gasteiger partial charge is 0.253 e. The Balaban J connectivity index is 1.36. The molecule has 2 saturated heterocycles. The molecule has 0 radical (unpaired) electrons. The van der Waals surface area contributed by atoms with Crippen LogP contribution in [-0.4, -0.2) is 51.0 Å². The third-order valence-corrected chi connectivity index (χ3v) is 5.66. The average Bonchev–Trinajstić information content (AvgIpc) is 2.71. The minimum Gasteiger partial charge on any atom is -0.355 e. The van der Waals surface area contributed by atoms with Gasteiger partial charge in [0.1, 0.15) is 0 Å². The van der Waals surface area contributed by atoms with E-state index in [2.05, 4.69) is 20.2 Å². The Morgan fingerprint density at radius 3 is 2.59 bits per heavy atom. The summed E-state index contributed by atoms with van der Waals surface area (Å²) < 4.78 is 1.71. The standard InChI is InChI=1S/C20H25N5O2/c26-19-12-17(16-3-8-21-9-4-16)23-14-25(19)13-15-5-10-24(11-6-15)18-2-1-7-22-20(18)27/h3-4,8-9,12,14-15,18H,1-2,5-7,10-11,13H2,(H,22,27). The van der Waals surface area contributed by atoms with Crippen molar-refractivity contribution in [3.05, 3.63) is 47.3 Å². The topological polar surface area (TPSA) is 80.1 Å². The third kappa shape index (κ3) is 4.08. The zero-order valence-corrected chi connectivity index (χ0v) is 15.4. The number of nitrogens with one attached hydrogen (secondary N) is 1. The fourth-order valence-electron chi connectivity index (χ4n) is 4.07. The summed E-state index contributed by atoms with van der Waals surface area (Å²) in [5.41, 5.74) is 1.55. The zero-order chi connectivity index (χ0) is 18.6. The van der Waals surface area contributed by atoms with E-state index in [0.717, 1.165) is 50.9 Å². The van der Waals surface area contributed by atoms with Crippen molar-refractivity contribution in [2.75, 3.05) is 19.6 Å². The SMILES string of the molecule is O=C1NCCCC1N1CCC(Cn2cnc(-c3ccncc3)cc2=O)CC1. The van der Waals surface area contributed by atoms with E-state index in [1.54, 1.807) is 29.4 Å². The van der Waals surface area contributed by atoms with Crippen LogP contribution in [0.2, 0.25) is 0 Å². The Labute approximate surface area is 158 Å². The van der Waals surface area contributed by atoms with Crippen LogP contribution in [0.3, 0.4) is 0 Å². The summed E-state index contributed by atoms with van der Waals surface area (Å²) in [6.07, 6.45) is 9.06. The van der Waals surface area contributed by atoms with Crippen LogP contribution in [0.1, 0.15) is 25.7 Å². The van der Waals surface area contributed by atoms with Crippen LogP contribution in [-0.2, 0) is 11.3 Å². The van der Waals surface area contributed by atoms with Gasteiger partial charge in [-0.3, -0.25) is 24.0 Å². The maximum atomic E-state index is 12.5. The number of rotatable bonds is 4. The Bertz CT molecular complexity index is 843. The monoisotopic (exact) mass is 367 g/mol. The maximum Gasteiger partial charge on any atom is 0.253 e. The van der Waals surface area contributed by atoms with E-state index < -0.39 is 0 Å². The lowest BCUT2D eigenvalue weighted by Crippen LogP contribution is -2.52. The Morgan fingerprint density at radius 1 is 1.11 bits per heavy atom. The molecule has 142 valence electrons. The Hall–Kier alpha value is -2.54. The molecular weight excluding hydrogens is 342 g/mol. The predicted molar refractivity (Wildman–Crippen MR) is 102 cm³/mol. The molecule has 2 aliphatic heterocycles. The molecule has 0 spiro atoms. The molecule has 0 aromatic carbocycles. The van der Waals surface area contributed by atoms with Gasteiger partial charge in [-0.25, -0.2) is 4.98 Å². The summed E-state index contributed by atoms with van der Waals surface area (Å²) in [6.45, 7) is 3.32. The van der Waals surface area contributed by atoms with Crippen molar-refractivity contribution in [3.63, 3.8) is 0 Å². The molecule has 27 heavy (non-hydrogen) atoms.